The summed E-state index contributed by atoms with van der Waals surface area (Å²) >= 11 is 1.80. The van der Waals surface area contributed by atoms with Crippen LogP contribution in [0.3, 0.4) is 0 Å². The predicted octanol–water partition coefficient (Wildman–Crippen LogP) is 9.78. The van der Waals surface area contributed by atoms with Gasteiger partial charge in [-0.05, 0) is 41.7 Å². The van der Waals surface area contributed by atoms with Crippen LogP contribution in [-0.2, 0) is 6.54 Å². The average molecular weight is 537 g/mol. The first kappa shape index (κ1) is 30.1. The normalized spacial score (nSPS) is 12.7. The van der Waals surface area contributed by atoms with Crippen molar-refractivity contribution in [2.45, 2.75) is 103 Å². The summed E-state index contributed by atoms with van der Waals surface area (Å²) in [5.41, 5.74) is 2.62. The maximum atomic E-state index is 12.7. The van der Waals surface area contributed by atoms with E-state index in [4.69, 9.17) is 4.74 Å². The molecule has 1 amide bonds. The molecular formula is C33H48N2O2S. The van der Waals surface area contributed by atoms with Crippen molar-refractivity contribution in [2.24, 2.45) is 0 Å². The van der Waals surface area contributed by atoms with Gasteiger partial charge in [0.25, 0.3) is 5.91 Å². The van der Waals surface area contributed by atoms with Crippen LogP contribution in [0.2, 0.25) is 0 Å². The van der Waals surface area contributed by atoms with Gasteiger partial charge in [0, 0.05) is 30.1 Å². The van der Waals surface area contributed by atoms with Crippen molar-refractivity contribution < 1.29 is 9.53 Å². The summed E-state index contributed by atoms with van der Waals surface area (Å²) in [4.78, 5) is 15.0. The van der Waals surface area contributed by atoms with Crippen LogP contribution in [0, 0.1) is 0 Å². The lowest BCUT2D eigenvalue weighted by atomic mass is 10.0. The van der Waals surface area contributed by atoms with Crippen LogP contribution < -0.4 is 10.1 Å². The lowest BCUT2D eigenvalue weighted by molar-refractivity contribution is 0.102. The van der Waals surface area contributed by atoms with Gasteiger partial charge in [-0.2, -0.15) is 0 Å². The highest BCUT2D eigenvalue weighted by Gasteiger charge is 2.09. The zero-order valence-corrected chi connectivity index (χ0v) is 24.3. The van der Waals surface area contributed by atoms with Crippen LogP contribution in [0.15, 0.2) is 60.1 Å². The molecule has 0 unspecified atom stereocenters. The molecular weight excluding hydrogens is 488 g/mol. The van der Waals surface area contributed by atoms with Gasteiger partial charge in [-0.15, -0.1) is 11.8 Å². The van der Waals surface area contributed by atoms with Gasteiger partial charge in [-0.3, -0.25) is 4.79 Å². The van der Waals surface area contributed by atoms with Gasteiger partial charge in [0.1, 0.15) is 5.75 Å². The Hall–Kier alpha value is -2.40. The fraction of sp³-hybridized carbons (Fsp3) is 0.545. The molecule has 1 N–H and O–H groups in total. The number of ether oxygens (including phenoxy) is 1. The van der Waals surface area contributed by atoms with Crippen molar-refractivity contribution in [3.8, 4) is 5.75 Å². The fourth-order valence-corrected chi connectivity index (χ4v) is 5.47. The predicted molar refractivity (Wildman–Crippen MR) is 164 cm³/mol. The second-order valence-electron chi connectivity index (χ2n) is 10.5. The number of carbonyl (C=O) groups excluding carboxylic acids is 1. The van der Waals surface area contributed by atoms with E-state index in [1.54, 1.807) is 11.8 Å². The van der Waals surface area contributed by atoms with Crippen LogP contribution in [0.1, 0.15) is 113 Å². The number of rotatable bonds is 20. The third-order valence-electron chi connectivity index (χ3n) is 7.07. The summed E-state index contributed by atoms with van der Waals surface area (Å²) in [6, 6.07) is 15.6. The average Bonchev–Trinajstić information content (AvgIpc) is 3.44. The van der Waals surface area contributed by atoms with Crippen molar-refractivity contribution in [3.05, 3.63) is 71.3 Å². The maximum Gasteiger partial charge on any atom is 0.255 e. The van der Waals surface area contributed by atoms with Gasteiger partial charge in [0.05, 0.1) is 12.5 Å². The largest absolute Gasteiger partial charge is 0.494 e. The highest BCUT2D eigenvalue weighted by Crippen LogP contribution is 2.21. The molecule has 0 fully saturated rings. The molecule has 38 heavy (non-hydrogen) atoms. The number of hydrogen-bond acceptors (Lipinski definition) is 4. The molecule has 2 aromatic carbocycles. The minimum atomic E-state index is -0.0997. The number of nitrogens with one attached hydrogen (secondary N) is 1. The van der Waals surface area contributed by atoms with E-state index in [0.29, 0.717) is 5.56 Å². The Bertz CT molecular complexity index is 944. The monoisotopic (exact) mass is 536 g/mol. The van der Waals surface area contributed by atoms with Crippen molar-refractivity contribution in [1.29, 1.82) is 0 Å². The van der Waals surface area contributed by atoms with Crippen LogP contribution in [-0.4, -0.2) is 23.3 Å². The van der Waals surface area contributed by atoms with E-state index < -0.39 is 0 Å². The number of thioether (sulfide) groups is 1. The molecule has 0 saturated carbocycles. The zero-order chi connectivity index (χ0) is 26.7. The van der Waals surface area contributed by atoms with Crippen molar-refractivity contribution >= 4 is 23.4 Å². The van der Waals surface area contributed by atoms with Gasteiger partial charge in [0.15, 0.2) is 0 Å². The molecule has 1 heterocycles. The molecule has 1 aliphatic heterocycles. The molecule has 0 atom stereocenters. The second-order valence-corrected chi connectivity index (χ2v) is 11.3. The number of unbranched alkanes of at least 4 members (excludes halogenated alkanes) is 13. The number of benzene rings is 2. The van der Waals surface area contributed by atoms with Crippen molar-refractivity contribution in [3.63, 3.8) is 0 Å². The second kappa shape index (κ2) is 18.8. The summed E-state index contributed by atoms with van der Waals surface area (Å²) in [5.74, 6) is 1.70. The van der Waals surface area contributed by atoms with Gasteiger partial charge in [-0.25, -0.2) is 0 Å². The molecule has 0 aromatic heterocycles. The highest BCUT2D eigenvalue weighted by molar-refractivity contribution is 8.02. The number of amides is 1. The third kappa shape index (κ3) is 12.4. The summed E-state index contributed by atoms with van der Waals surface area (Å²) < 4.78 is 5.96. The molecule has 0 aliphatic carbocycles. The molecule has 4 nitrogen and oxygen atoms in total. The molecule has 5 heteroatoms. The lowest BCUT2D eigenvalue weighted by Gasteiger charge is -2.14. The number of nitrogens with zero attached hydrogens (tertiary/aromatic N) is 1. The van der Waals surface area contributed by atoms with E-state index in [2.05, 4.69) is 28.7 Å². The van der Waals surface area contributed by atoms with Gasteiger partial charge in [0.2, 0.25) is 0 Å². The summed E-state index contributed by atoms with van der Waals surface area (Å²) in [5, 5.41) is 5.11. The SMILES string of the molecule is CCCCCCCCCCCCCCCCOc1cccc(NC(=O)c2ccc(CN3C=CSC3)cc2)c1. The molecule has 208 valence electrons. The first-order valence-electron chi connectivity index (χ1n) is 14.9. The van der Waals surface area contributed by atoms with E-state index in [0.717, 1.165) is 36.9 Å². The molecule has 0 bridgehead atoms. The Morgan fingerprint density at radius 3 is 2.08 bits per heavy atom. The number of carbonyl (C=O) groups is 1. The minimum absolute atomic E-state index is 0.0997. The zero-order valence-electron chi connectivity index (χ0n) is 23.5. The van der Waals surface area contributed by atoms with E-state index >= 15 is 0 Å². The summed E-state index contributed by atoms with van der Waals surface area (Å²) in [6.07, 6.45) is 21.1. The van der Waals surface area contributed by atoms with Gasteiger partial charge < -0.3 is 15.0 Å². The Labute approximate surface area is 235 Å². The van der Waals surface area contributed by atoms with Gasteiger partial charge >= 0.3 is 0 Å². The lowest BCUT2D eigenvalue weighted by Crippen LogP contribution is -2.14. The van der Waals surface area contributed by atoms with Crippen LogP contribution in [0.25, 0.3) is 0 Å². The van der Waals surface area contributed by atoms with Crippen LogP contribution >= 0.6 is 11.8 Å². The summed E-state index contributed by atoms with van der Waals surface area (Å²) in [7, 11) is 0. The van der Waals surface area contributed by atoms with Crippen LogP contribution in [0.5, 0.6) is 5.75 Å². The Morgan fingerprint density at radius 2 is 1.47 bits per heavy atom. The van der Waals surface area contributed by atoms with Crippen LogP contribution in [0.4, 0.5) is 5.69 Å². The van der Waals surface area contributed by atoms with E-state index in [1.807, 2.05) is 48.5 Å². The topological polar surface area (TPSA) is 41.6 Å². The minimum Gasteiger partial charge on any atom is -0.494 e. The smallest absolute Gasteiger partial charge is 0.255 e. The maximum absolute atomic E-state index is 12.7. The van der Waals surface area contributed by atoms with Crippen molar-refractivity contribution in [1.82, 2.24) is 4.90 Å². The Kier molecular flexibility index (Phi) is 14.9. The van der Waals surface area contributed by atoms with E-state index in [9.17, 15) is 4.79 Å². The quantitative estimate of drug-likeness (QED) is 0.171. The van der Waals surface area contributed by atoms with E-state index in [-0.39, 0.29) is 5.91 Å². The van der Waals surface area contributed by atoms with Gasteiger partial charge in [-0.1, -0.05) is 109 Å². The first-order chi connectivity index (χ1) is 18.7. The number of anilines is 1. The van der Waals surface area contributed by atoms with Crippen molar-refractivity contribution in [2.75, 3.05) is 17.8 Å². The van der Waals surface area contributed by atoms with E-state index in [1.165, 1.54) is 89.0 Å². The first-order valence-corrected chi connectivity index (χ1v) is 15.9. The molecule has 2 aromatic rings. The molecule has 0 radical (unpaired) electrons. The fourth-order valence-electron chi connectivity index (χ4n) is 4.76. The molecule has 1 aliphatic rings. The highest BCUT2D eigenvalue weighted by atomic mass is 32.2. The summed E-state index contributed by atoms with van der Waals surface area (Å²) in [6.45, 7) is 3.87. The standard InChI is InChI=1S/C33H48N2O2S/c1-2-3-4-5-6-7-8-9-10-11-12-13-14-15-24-37-32-18-16-17-31(26-32)34-33(36)30-21-19-29(20-22-30)27-35-23-25-38-28-35/h16-23,25-26H,2-15,24,27-28H2,1H3,(H,34,36). The third-order valence-corrected chi connectivity index (χ3v) is 7.86. The molecule has 0 saturated heterocycles. The molecule has 0 spiro atoms. The number of hydrogen-bond donors (Lipinski definition) is 1. The molecule has 3 rings (SSSR count). The Morgan fingerprint density at radius 1 is 0.842 bits per heavy atom. The Balaban J connectivity index is 1.22.